The van der Waals surface area contributed by atoms with E-state index >= 15 is 0 Å². The van der Waals surface area contributed by atoms with Gasteiger partial charge in [0.1, 0.15) is 5.82 Å². The third-order valence-electron chi connectivity index (χ3n) is 4.28. The van der Waals surface area contributed by atoms with E-state index < -0.39 is 23.3 Å². The molecule has 29 heavy (non-hydrogen) atoms. The van der Waals surface area contributed by atoms with E-state index in [1.165, 1.54) is 18.7 Å². The fourth-order valence-corrected chi connectivity index (χ4v) is 3.01. The van der Waals surface area contributed by atoms with Crippen LogP contribution in [-0.4, -0.2) is 37.7 Å². The van der Waals surface area contributed by atoms with Gasteiger partial charge in [0.25, 0.3) is 5.56 Å². The Balaban J connectivity index is 2.17. The highest BCUT2D eigenvalue weighted by Crippen LogP contribution is 2.30. The second-order valence-electron chi connectivity index (χ2n) is 6.15. The predicted octanol–water partition coefficient (Wildman–Crippen LogP) is 2.44. The molecule has 0 bridgehead atoms. The first kappa shape index (κ1) is 20.3. The molecule has 0 spiro atoms. The molecule has 1 unspecified atom stereocenters. The molecule has 0 aliphatic carbocycles. The number of carboxylic acids is 1. The van der Waals surface area contributed by atoms with Crippen molar-refractivity contribution in [2.75, 3.05) is 12.4 Å². The number of anilines is 1. The fourth-order valence-electron chi connectivity index (χ4n) is 2.77. The second-order valence-corrected chi connectivity index (χ2v) is 6.56. The molecule has 1 atom stereocenters. The number of halogens is 1. The Labute approximate surface area is 171 Å². The number of benzene rings is 1. The Bertz CT molecular complexity index is 1110. The number of aryl methyl sites for hydroxylation is 1. The lowest BCUT2D eigenvalue weighted by Crippen LogP contribution is -2.28. The second kappa shape index (κ2) is 8.27. The molecule has 3 aromatic rings. The first-order chi connectivity index (χ1) is 13.8. The maximum atomic E-state index is 12.6. The van der Waals surface area contributed by atoms with Crippen molar-refractivity contribution in [2.24, 2.45) is 7.05 Å². The smallest absolute Gasteiger partial charge is 0.358 e. The lowest BCUT2D eigenvalue weighted by molar-refractivity contribution is 0.0686. The zero-order chi connectivity index (χ0) is 21.1. The molecular formula is C19H18ClN5O4. The van der Waals surface area contributed by atoms with Crippen molar-refractivity contribution in [1.82, 2.24) is 19.5 Å². The summed E-state index contributed by atoms with van der Waals surface area (Å²) in [5, 5.41) is 13.0. The molecule has 0 fully saturated rings. The van der Waals surface area contributed by atoms with E-state index in [-0.39, 0.29) is 11.7 Å². The molecule has 1 aromatic carbocycles. The summed E-state index contributed by atoms with van der Waals surface area (Å²) in [7, 11) is 2.68. The molecular weight excluding hydrogens is 398 g/mol. The molecule has 0 radical (unpaired) electrons. The van der Waals surface area contributed by atoms with Gasteiger partial charge in [0.15, 0.2) is 5.69 Å². The average molecular weight is 416 g/mol. The summed E-state index contributed by atoms with van der Waals surface area (Å²) in [6.45, 7) is 1.76. The predicted molar refractivity (Wildman–Crippen MR) is 107 cm³/mol. The van der Waals surface area contributed by atoms with Gasteiger partial charge in [-0.25, -0.2) is 19.7 Å². The van der Waals surface area contributed by atoms with Gasteiger partial charge in [-0.2, -0.15) is 0 Å². The number of nitrogens with one attached hydrogen (secondary N) is 1. The molecule has 2 aromatic heterocycles. The van der Waals surface area contributed by atoms with E-state index in [2.05, 4.69) is 20.3 Å². The van der Waals surface area contributed by atoms with Crippen LogP contribution in [0.25, 0.3) is 0 Å². The largest absolute Gasteiger partial charge is 0.489 e. The summed E-state index contributed by atoms with van der Waals surface area (Å²) >= 11 is 6.38. The van der Waals surface area contributed by atoms with Crippen LogP contribution in [0.1, 0.15) is 33.5 Å². The minimum Gasteiger partial charge on any atom is -0.489 e. The summed E-state index contributed by atoms with van der Waals surface area (Å²) < 4.78 is 6.11. The van der Waals surface area contributed by atoms with Crippen LogP contribution in [0, 0.1) is 6.92 Å². The minimum absolute atomic E-state index is 0.0266. The number of rotatable bonds is 6. The van der Waals surface area contributed by atoms with Crippen LogP contribution in [-0.2, 0) is 7.05 Å². The first-order valence-electron chi connectivity index (χ1n) is 8.51. The zero-order valence-electron chi connectivity index (χ0n) is 15.9. The molecule has 0 aliphatic heterocycles. The van der Waals surface area contributed by atoms with Crippen LogP contribution in [0.2, 0.25) is 5.02 Å². The Kier molecular flexibility index (Phi) is 5.79. The summed E-state index contributed by atoms with van der Waals surface area (Å²) in [6, 6.07) is 6.55. The summed E-state index contributed by atoms with van der Waals surface area (Å²) in [6.07, 6.45) is 3.26. The van der Waals surface area contributed by atoms with Gasteiger partial charge in [0, 0.05) is 30.0 Å². The molecule has 0 amide bonds. The van der Waals surface area contributed by atoms with Crippen LogP contribution >= 0.6 is 11.6 Å². The fraction of sp³-hybridized carbons (Fsp3) is 0.211. The van der Waals surface area contributed by atoms with Crippen molar-refractivity contribution < 1.29 is 14.6 Å². The van der Waals surface area contributed by atoms with Gasteiger partial charge in [-0.1, -0.05) is 29.8 Å². The number of nitrogens with zero attached hydrogens (tertiary/aromatic N) is 4. The molecule has 0 saturated carbocycles. The molecule has 3 rings (SSSR count). The standard InChI is InChI=1S/C19H18ClN5O4/c1-10-21-8-11(9-22-10)14(12-6-4-5-7-13(12)20)23-19-24-15(18(27)28)16(29-3)17(26)25(19)2/h4-9,14H,1-3H3,(H,23,24)(H,27,28). The summed E-state index contributed by atoms with van der Waals surface area (Å²) in [5.41, 5.74) is 0.214. The van der Waals surface area contributed by atoms with Crippen LogP contribution < -0.4 is 15.6 Å². The third kappa shape index (κ3) is 4.04. The van der Waals surface area contributed by atoms with Crippen molar-refractivity contribution in [1.29, 1.82) is 0 Å². The average Bonchev–Trinajstić information content (AvgIpc) is 2.70. The highest BCUT2D eigenvalue weighted by Gasteiger charge is 2.24. The number of methoxy groups -OCH3 is 1. The number of aromatic carboxylic acids is 1. The van der Waals surface area contributed by atoms with Gasteiger partial charge in [0.2, 0.25) is 11.7 Å². The Morgan fingerprint density at radius 2 is 1.93 bits per heavy atom. The zero-order valence-corrected chi connectivity index (χ0v) is 16.6. The van der Waals surface area contributed by atoms with Crippen LogP contribution in [0.15, 0.2) is 41.5 Å². The van der Waals surface area contributed by atoms with E-state index in [1.54, 1.807) is 37.5 Å². The van der Waals surface area contributed by atoms with Crippen molar-refractivity contribution in [2.45, 2.75) is 13.0 Å². The van der Waals surface area contributed by atoms with E-state index in [9.17, 15) is 14.7 Å². The first-order valence-corrected chi connectivity index (χ1v) is 8.89. The van der Waals surface area contributed by atoms with Gasteiger partial charge in [-0.3, -0.25) is 9.36 Å². The van der Waals surface area contributed by atoms with Crippen LogP contribution in [0.5, 0.6) is 5.75 Å². The van der Waals surface area contributed by atoms with Crippen LogP contribution in [0.3, 0.4) is 0 Å². The highest BCUT2D eigenvalue weighted by molar-refractivity contribution is 6.31. The SMILES string of the molecule is COc1c(C(=O)O)nc(NC(c2cnc(C)nc2)c2ccccc2Cl)n(C)c1=O. The number of ether oxygens (including phenoxy) is 1. The quantitative estimate of drug-likeness (QED) is 0.630. The van der Waals surface area contributed by atoms with Crippen molar-refractivity contribution in [3.8, 4) is 5.75 Å². The van der Waals surface area contributed by atoms with E-state index in [1.807, 2.05) is 6.07 Å². The minimum atomic E-state index is -1.38. The number of hydrogen-bond donors (Lipinski definition) is 2. The Morgan fingerprint density at radius 3 is 2.52 bits per heavy atom. The van der Waals surface area contributed by atoms with Gasteiger partial charge in [-0.05, 0) is 18.6 Å². The van der Waals surface area contributed by atoms with Crippen molar-refractivity contribution >= 4 is 23.5 Å². The molecule has 2 N–H and O–H groups in total. The molecule has 9 nitrogen and oxygen atoms in total. The normalized spacial score (nSPS) is 11.7. The molecule has 10 heteroatoms. The third-order valence-corrected chi connectivity index (χ3v) is 4.62. The van der Waals surface area contributed by atoms with E-state index in [4.69, 9.17) is 16.3 Å². The Morgan fingerprint density at radius 1 is 1.28 bits per heavy atom. The number of carboxylic acid groups (broad SMARTS) is 1. The van der Waals surface area contributed by atoms with E-state index in [0.29, 0.717) is 22.0 Å². The molecule has 2 heterocycles. The van der Waals surface area contributed by atoms with Crippen molar-refractivity contribution in [3.63, 3.8) is 0 Å². The highest BCUT2D eigenvalue weighted by atomic mass is 35.5. The monoisotopic (exact) mass is 415 g/mol. The number of carbonyl (C=O) groups is 1. The summed E-state index contributed by atoms with van der Waals surface area (Å²) in [5.74, 6) is -1.11. The lowest BCUT2D eigenvalue weighted by Gasteiger charge is -2.22. The van der Waals surface area contributed by atoms with Crippen molar-refractivity contribution in [3.05, 3.63) is 74.7 Å². The van der Waals surface area contributed by atoms with E-state index in [0.717, 1.165) is 0 Å². The molecule has 0 aliphatic rings. The molecule has 0 saturated heterocycles. The maximum Gasteiger partial charge on any atom is 0.358 e. The van der Waals surface area contributed by atoms with Gasteiger partial charge < -0.3 is 15.2 Å². The topological polar surface area (TPSA) is 119 Å². The van der Waals surface area contributed by atoms with Gasteiger partial charge >= 0.3 is 5.97 Å². The number of aromatic nitrogens is 4. The lowest BCUT2D eigenvalue weighted by atomic mass is 10.0. The summed E-state index contributed by atoms with van der Waals surface area (Å²) in [4.78, 5) is 36.6. The van der Waals surface area contributed by atoms with Crippen LogP contribution in [0.4, 0.5) is 5.95 Å². The Hall–Kier alpha value is -3.46. The van der Waals surface area contributed by atoms with Gasteiger partial charge in [-0.15, -0.1) is 0 Å². The van der Waals surface area contributed by atoms with Gasteiger partial charge in [0.05, 0.1) is 13.2 Å². The molecule has 150 valence electrons. The maximum absolute atomic E-state index is 12.6. The number of hydrogen-bond acceptors (Lipinski definition) is 7.